The molecule has 3 heterocycles. The van der Waals surface area contributed by atoms with E-state index < -0.39 is 18.0 Å². The molecule has 2 aromatic heterocycles. The lowest BCUT2D eigenvalue weighted by Gasteiger charge is -2.33. The zero-order valence-electron chi connectivity index (χ0n) is 13.5. The molecule has 0 aliphatic carbocycles. The molecule has 2 aromatic rings. The molecule has 1 aliphatic rings. The third-order valence-electron chi connectivity index (χ3n) is 4.34. The molecule has 0 aromatic carbocycles. The number of carbonyl (C=O) groups excluding carboxylic acids is 1. The van der Waals surface area contributed by atoms with E-state index >= 15 is 0 Å². The Hall–Kier alpha value is -2.12. The number of carbonyl (C=O) groups is 1. The van der Waals surface area contributed by atoms with Crippen molar-refractivity contribution in [3.8, 4) is 0 Å². The van der Waals surface area contributed by atoms with Gasteiger partial charge in [0.1, 0.15) is 0 Å². The predicted molar refractivity (Wildman–Crippen MR) is 82.6 cm³/mol. The molecule has 0 bridgehead atoms. The molecule has 0 spiro atoms. The number of hydrogen-bond acceptors (Lipinski definition) is 3. The molecule has 1 amide bonds. The summed E-state index contributed by atoms with van der Waals surface area (Å²) in [5.41, 5.74) is 0.960. The van der Waals surface area contributed by atoms with Crippen molar-refractivity contribution in [2.45, 2.75) is 38.9 Å². The van der Waals surface area contributed by atoms with Crippen molar-refractivity contribution in [1.82, 2.24) is 19.7 Å². The number of pyridine rings is 1. The van der Waals surface area contributed by atoms with Crippen LogP contribution in [-0.4, -0.2) is 44.8 Å². The maximum absolute atomic E-state index is 12.9. The van der Waals surface area contributed by atoms with Crippen LogP contribution in [0, 0.1) is 5.92 Å². The first-order valence-electron chi connectivity index (χ1n) is 7.96. The first-order valence-corrected chi connectivity index (χ1v) is 7.96. The maximum atomic E-state index is 12.9. The molecule has 0 saturated carbocycles. The molecule has 1 saturated heterocycles. The van der Waals surface area contributed by atoms with Gasteiger partial charge in [0.15, 0.2) is 5.65 Å². The molecule has 1 aliphatic heterocycles. The Morgan fingerprint density at radius 3 is 2.75 bits per heavy atom. The zero-order valence-corrected chi connectivity index (χ0v) is 13.5. The second kappa shape index (κ2) is 6.07. The van der Waals surface area contributed by atoms with Crippen molar-refractivity contribution < 1.29 is 18.0 Å². The van der Waals surface area contributed by atoms with Gasteiger partial charge in [-0.05, 0) is 32.8 Å². The molecule has 0 N–H and O–H groups in total. The SMILES string of the molecule is CC(C)n1ncc2cc(C(=O)N3CCC[C@H](C(F)(F)F)C3)cnc21. The van der Waals surface area contributed by atoms with E-state index in [-0.39, 0.29) is 19.0 Å². The Labute approximate surface area is 137 Å². The van der Waals surface area contributed by atoms with Crippen molar-refractivity contribution in [2.75, 3.05) is 13.1 Å². The van der Waals surface area contributed by atoms with Crippen molar-refractivity contribution in [3.63, 3.8) is 0 Å². The Balaban J connectivity index is 1.83. The van der Waals surface area contributed by atoms with Crippen LogP contribution in [0.15, 0.2) is 18.5 Å². The normalized spacial score (nSPS) is 19.2. The van der Waals surface area contributed by atoms with Crippen molar-refractivity contribution in [1.29, 1.82) is 0 Å². The lowest BCUT2D eigenvalue weighted by molar-refractivity contribution is -0.184. The standard InChI is InChI=1S/C16H19F3N4O/c1-10(2)23-14-11(8-21-23)6-12(7-20-14)15(24)22-5-3-4-13(9-22)16(17,18)19/h6-8,10,13H,3-5,9H2,1-2H3/t13-/m0/s1. The Morgan fingerprint density at radius 2 is 2.08 bits per heavy atom. The number of likely N-dealkylation sites (tertiary alicyclic amines) is 1. The minimum atomic E-state index is -4.26. The highest BCUT2D eigenvalue weighted by molar-refractivity contribution is 5.96. The van der Waals surface area contributed by atoms with Crippen LogP contribution in [0.5, 0.6) is 0 Å². The van der Waals surface area contributed by atoms with E-state index in [1.165, 1.54) is 11.1 Å². The van der Waals surface area contributed by atoms with Gasteiger partial charge in [0.05, 0.1) is 17.7 Å². The fraction of sp³-hybridized carbons (Fsp3) is 0.562. The van der Waals surface area contributed by atoms with E-state index in [2.05, 4.69) is 10.1 Å². The second-order valence-electron chi connectivity index (χ2n) is 6.45. The van der Waals surface area contributed by atoms with Gasteiger partial charge in [-0.15, -0.1) is 0 Å². The summed E-state index contributed by atoms with van der Waals surface area (Å²) >= 11 is 0. The van der Waals surface area contributed by atoms with Gasteiger partial charge in [-0.25, -0.2) is 9.67 Å². The molecule has 0 radical (unpaired) electrons. The van der Waals surface area contributed by atoms with Gasteiger partial charge in [0, 0.05) is 30.7 Å². The van der Waals surface area contributed by atoms with Crippen LogP contribution >= 0.6 is 0 Å². The van der Waals surface area contributed by atoms with E-state index in [0.717, 1.165) is 0 Å². The van der Waals surface area contributed by atoms with E-state index in [9.17, 15) is 18.0 Å². The quantitative estimate of drug-likeness (QED) is 0.842. The summed E-state index contributed by atoms with van der Waals surface area (Å²) in [6.45, 7) is 4.00. The van der Waals surface area contributed by atoms with Crippen LogP contribution in [-0.2, 0) is 0 Å². The Bertz CT molecular complexity index is 753. The smallest absolute Gasteiger partial charge is 0.338 e. The second-order valence-corrected chi connectivity index (χ2v) is 6.45. The van der Waals surface area contributed by atoms with Crippen LogP contribution < -0.4 is 0 Å². The van der Waals surface area contributed by atoms with Gasteiger partial charge in [0.2, 0.25) is 0 Å². The summed E-state index contributed by atoms with van der Waals surface area (Å²) in [5, 5.41) is 4.94. The Morgan fingerprint density at radius 1 is 1.33 bits per heavy atom. The third-order valence-corrected chi connectivity index (χ3v) is 4.34. The summed E-state index contributed by atoms with van der Waals surface area (Å²) in [6.07, 6.45) is -0.793. The van der Waals surface area contributed by atoms with Gasteiger partial charge in [0.25, 0.3) is 5.91 Å². The van der Waals surface area contributed by atoms with Crippen LogP contribution in [0.1, 0.15) is 43.1 Å². The molecule has 8 heteroatoms. The van der Waals surface area contributed by atoms with Gasteiger partial charge < -0.3 is 4.90 Å². The number of hydrogen-bond donors (Lipinski definition) is 0. The number of halogens is 3. The number of piperidine rings is 1. The van der Waals surface area contributed by atoms with E-state index in [4.69, 9.17) is 0 Å². The van der Waals surface area contributed by atoms with Gasteiger partial charge in [-0.1, -0.05) is 0 Å². The van der Waals surface area contributed by atoms with Crippen LogP contribution in [0.25, 0.3) is 11.0 Å². The minimum absolute atomic E-state index is 0.0751. The molecule has 5 nitrogen and oxygen atoms in total. The Kier molecular flexibility index (Phi) is 4.23. The monoisotopic (exact) mass is 340 g/mol. The number of amides is 1. The summed E-state index contributed by atoms with van der Waals surface area (Å²) in [6, 6.07) is 1.78. The predicted octanol–water partition coefficient (Wildman–Crippen LogP) is 3.43. The molecule has 130 valence electrons. The third kappa shape index (κ3) is 3.09. The average molecular weight is 340 g/mol. The highest BCUT2D eigenvalue weighted by atomic mass is 19.4. The molecular weight excluding hydrogens is 321 g/mol. The average Bonchev–Trinajstić information content (AvgIpc) is 2.96. The molecule has 1 fully saturated rings. The van der Waals surface area contributed by atoms with Gasteiger partial charge >= 0.3 is 6.18 Å². The molecule has 24 heavy (non-hydrogen) atoms. The van der Waals surface area contributed by atoms with E-state index in [1.807, 2.05) is 13.8 Å². The molecular formula is C16H19F3N4O. The number of aromatic nitrogens is 3. The van der Waals surface area contributed by atoms with Crippen molar-refractivity contribution >= 4 is 16.9 Å². The summed E-state index contributed by atoms with van der Waals surface area (Å²) in [4.78, 5) is 18.1. The highest BCUT2D eigenvalue weighted by Gasteiger charge is 2.42. The molecule has 0 unspecified atom stereocenters. The summed E-state index contributed by atoms with van der Waals surface area (Å²) < 4.78 is 40.5. The topological polar surface area (TPSA) is 51.0 Å². The summed E-state index contributed by atoms with van der Waals surface area (Å²) in [7, 11) is 0. The maximum Gasteiger partial charge on any atom is 0.393 e. The van der Waals surface area contributed by atoms with E-state index in [0.29, 0.717) is 29.6 Å². The molecule has 3 rings (SSSR count). The number of fused-ring (bicyclic) bond motifs is 1. The fourth-order valence-corrected chi connectivity index (χ4v) is 3.05. The lowest BCUT2D eigenvalue weighted by atomic mass is 9.97. The van der Waals surface area contributed by atoms with Gasteiger partial charge in [-0.3, -0.25) is 4.79 Å². The number of nitrogens with zero attached hydrogens (tertiary/aromatic N) is 4. The zero-order chi connectivity index (χ0) is 17.5. The van der Waals surface area contributed by atoms with Crippen LogP contribution in [0.3, 0.4) is 0 Å². The number of rotatable bonds is 2. The van der Waals surface area contributed by atoms with E-state index in [1.54, 1.807) is 16.9 Å². The first-order chi connectivity index (χ1) is 11.3. The van der Waals surface area contributed by atoms with Crippen molar-refractivity contribution in [2.24, 2.45) is 5.92 Å². The molecule has 1 atom stereocenters. The highest BCUT2D eigenvalue weighted by Crippen LogP contribution is 2.33. The van der Waals surface area contributed by atoms with Crippen LogP contribution in [0.4, 0.5) is 13.2 Å². The van der Waals surface area contributed by atoms with Crippen molar-refractivity contribution in [3.05, 3.63) is 24.0 Å². The lowest BCUT2D eigenvalue weighted by Crippen LogP contribution is -2.44. The largest absolute Gasteiger partial charge is 0.393 e. The fourth-order valence-electron chi connectivity index (χ4n) is 3.05. The van der Waals surface area contributed by atoms with Gasteiger partial charge in [-0.2, -0.15) is 18.3 Å². The van der Waals surface area contributed by atoms with Crippen LogP contribution in [0.2, 0.25) is 0 Å². The minimum Gasteiger partial charge on any atom is -0.338 e. The summed E-state index contributed by atoms with van der Waals surface area (Å²) in [5.74, 6) is -1.86. The number of alkyl halides is 3. The first kappa shape index (κ1) is 16.7.